The molecule has 0 unspecified atom stereocenters. The van der Waals surface area contributed by atoms with Crippen molar-refractivity contribution in [3.8, 4) is 0 Å². The Bertz CT molecular complexity index is 436. The lowest BCUT2D eigenvalue weighted by Crippen LogP contribution is -2.08. The first-order valence-corrected chi connectivity index (χ1v) is 6.13. The summed E-state index contributed by atoms with van der Waals surface area (Å²) in [4.78, 5) is 0. The van der Waals surface area contributed by atoms with Gasteiger partial charge in [-0.25, -0.2) is 0 Å². The molecule has 1 heteroatoms. The van der Waals surface area contributed by atoms with E-state index in [0.29, 0.717) is 18.2 Å². The van der Waals surface area contributed by atoms with Crippen LogP contribution in [0.15, 0.2) is 60.7 Å². The van der Waals surface area contributed by atoms with Crippen molar-refractivity contribution in [3.63, 3.8) is 0 Å². The fraction of sp³-hybridized carbons (Fsp3) is 0.250. The Morgan fingerprint density at radius 1 is 0.824 bits per heavy atom. The molecular weight excluding hydrogens is 203 g/mol. The van der Waals surface area contributed by atoms with Crippen LogP contribution in [0.2, 0.25) is 6.32 Å². The molecular formula is C16H17B. The van der Waals surface area contributed by atoms with Crippen LogP contribution < -0.4 is 0 Å². The van der Waals surface area contributed by atoms with E-state index in [1.807, 2.05) is 6.07 Å². The van der Waals surface area contributed by atoms with Crippen molar-refractivity contribution in [1.82, 2.24) is 0 Å². The zero-order chi connectivity index (χ0) is 12.1. The quantitative estimate of drug-likeness (QED) is 0.678. The smallest absolute Gasteiger partial charge is 0.0661 e. The molecule has 0 aliphatic heterocycles. The first kappa shape index (κ1) is 12.0. The van der Waals surface area contributed by atoms with Crippen LogP contribution in [0.1, 0.15) is 29.9 Å². The second kappa shape index (κ2) is 5.72. The highest BCUT2D eigenvalue weighted by atomic mass is 14.2. The van der Waals surface area contributed by atoms with Crippen LogP contribution >= 0.6 is 0 Å². The summed E-state index contributed by atoms with van der Waals surface area (Å²) in [5.41, 5.74) is 2.68. The zero-order valence-corrected chi connectivity index (χ0v) is 10.2. The maximum Gasteiger partial charge on any atom is 0.0661 e. The van der Waals surface area contributed by atoms with E-state index in [9.17, 15) is 0 Å². The summed E-state index contributed by atoms with van der Waals surface area (Å²) < 4.78 is 0. The van der Waals surface area contributed by atoms with Crippen molar-refractivity contribution in [1.29, 1.82) is 0 Å². The fourth-order valence-corrected chi connectivity index (χ4v) is 2.32. The van der Waals surface area contributed by atoms with E-state index in [1.54, 1.807) is 0 Å². The molecule has 17 heavy (non-hydrogen) atoms. The molecule has 2 rings (SSSR count). The molecule has 0 aromatic heterocycles. The van der Waals surface area contributed by atoms with E-state index in [-0.39, 0.29) is 0 Å². The Labute approximate surface area is 105 Å². The summed E-state index contributed by atoms with van der Waals surface area (Å²) >= 11 is 0. The predicted molar refractivity (Wildman–Crippen MR) is 74.6 cm³/mol. The SMILES string of the molecule is [B]C[C@@H](c1ccccc1)[C@@H](C)c1ccccc1. The highest BCUT2D eigenvalue weighted by Gasteiger charge is 2.18. The predicted octanol–water partition coefficient (Wildman–Crippen LogP) is 4.16. The van der Waals surface area contributed by atoms with Crippen LogP contribution in [0.3, 0.4) is 0 Å². The van der Waals surface area contributed by atoms with Gasteiger partial charge in [-0.3, -0.25) is 0 Å². The highest BCUT2D eigenvalue weighted by Crippen LogP contribution is 2.34. The summed E-state index contributed by atoms with van der Waals surface area (Å²) in [6, 6.07) is 21.1. The lowest BCUT2D eigenvalue weighted by molar-refractivity contribution is 0.623. The molecule has 0 saturated carbocycles. The number of hydrogen-bond acceptors (Lipinski definition) is 0. The van der Waals surface area contributed by atoms with Gasteiger partial charge in [0.05, 0.1) is 7.85 Å². The van der Waals surface area contributed by atoms with Gasteiger partial charge in [-0.2, -0.15) is 0 Å². The minimum absolute atomic E-state index is 0.388. The van der Waals surface area contributed by atoms with Crippen molar-refractivity contribution in [3.05, 3.63) is 71.8 Å². The molecule has 0 aliphatic carbocycles. The molecule has 0 saturated heterocycles. The Morgan fingerprint density at radius 3 is 1.76 bits per heavy atom. The summed E-state index contributed by atoms with van der Waals surface area (Å²) in [7, 11) is 5.94. The van der Waals surface area contributed by atoms with E-state index in [0.717, 1.165) is 0 Å². The Hall–Kier alpha value is -1.50. The largest absolute Gasteiger partial charge is 0.0814 e. The molecule has 0 N–H and O–H groups in total. The summed E-state index contributed by atoms with van der Waals surface area (Å²) in [6.45, 7) is 2.25. The second-order valence-electron chi connectivity index (χ2n) is 4.45. The van der Waals surface area contributed by atoms with Crippen LogP contribution in [0.4, 0.5) is 0 Å². The van der Waals surface area contributed by atoms with Crippen LogP contribution in [0.5, 0.6) is 0 Å². The molecule has 2 radical (unpaired) electrons. The van der Waals surface area contributed by atoms with Gasteiger partial charge in [-0.05, 0) is 23.0 Å². The second-order valence-corrected chi connectivity index (χ2v) is 4.45. The minimum Gasteiger partial charge on any atom is -0.0814 e. The maximum absolute atomic E-state index is 5.94. The number of rotatable bonds is 4. The van der Waals surface area contributed by atoms with Gasteiger partial charge >= 0.3 is 0 Å². The maximum atomic E-state index is 5.94. The van der Waals surface area contributed by atoms with E-state index in [4.69, 9.17) is 7.85 Å². The van der Waals surface area contributed by atoms with Crippen molar-refractivity contribution < 1.29 is 0 Å². The van der Waals surface area contributed by atoms with Crippen molar-refractivity contribution in [2.24, 2.45) is 0 Å². The lowest BCUT2D eigenvalue weighted by atomic mass is 9.75. The molecule has 2 atom stereocenters. The molecule has 2 aromatic carbocycles. The minimum atomic E-state index is 0.388. The van der Waals surface area contributed by atoms with Crippen molar-refractivity contribution >= 4 is 7.85 Å². The number of benzene rings is 2. The zero-order valence-electron chi connectivity index (χ0n) is 10.2. The normalized spacial score (nSPS) is 14.2. The van der Waals surface area contributed by atoms with Gasteiger partial charge in [0, 0.05) is 0 Å². The van der Waals surface area contributed by atoms with Crippen LogP contribution in [0.25, 0.3) is 0 Å². The van der Waals surface area contributed by atoms with Crippen molar-refractivity contribution in [2.75, 3.05) is 0 Å². The third-order valence-corrected chi connectivity index (χ3v) is 3.41. The van der Waals surface area contributed by atoms with E-state index in [2.05, 4.69) is 61.5 Å². The molecule has 0 amide bonds. The third kappa shape index (κ3) is 2.79. The average Bonchev–Trinajstić information content (AvgIpc) is 2.42. The number of hydrogen-bond donors (Lipinski definition) is 0. The van der Waals surface area contributed by atoms with Crippen LogP contribution in [0, 0.1) is 0 Å². The first-order chi connectivity index (χ1) is 8.33. The van der Waals surface area contributed by atoms with Gasteiger partial charge in [-0.15, -0.1) is 0 Å². The summed E-state index contributed by atoms with van der Waals surface area (Å²) in [5, 5.41) is 0. The molecule has 0 bridgehead atoms. The van der Waals surface area contributed by atoms with E-state index >= 15 is 0 Å². The first-order valence-electron chi connectivity index (χ1n) is 6.13. The van der Waals surface area contributed by atoms with Gasteiger partial charge in [0.15, 0.2) is 0 Å². The fourth-order valence-electron chi connectivity index (χ4n) is 2.32. The molecule has 0 aliphatic rings. The van der Waals surface area contributed by atoms with Gasteiger partial charge < -0.3 is 0 Å². The van der Waals surface area contributed by atoms with Crippen LogP contribution in [-0.2, 0) is 0 Å². The van der Waals surface area contributed by atoms with Crippen LogP contribution in [-0.4, -0.2) is 7.85 Å². The standard InChI is InChI=1S/C16H17B/c1-13(14-8-4-2-5-9-14)16(12-17)15-10-6-3-7-11-15/h2-11,13,16H,12H2,1H3/t13-,16+/m0/s1. The Kier molecular flexibility index (Phi) is 4.03. The Balaban J connectivity index is 2.25. The van der Waals surface area contributed by atoms with Gasteiger partial charge in [0.1, 0.15) is 0 Å². The topological polar surface area (TPSA) is 0 Å². The highest BCUT2D eigenvalue weighted by molar-refractivity contribution is 6.09. The molecule has 0 fully saturated rings. The summed E-state index contributed by atoms with van der Waals surface area (Å²) in [5.74, 6) is 0.835. The molecule has 84 valence electrons. The van der Waals surface area contributed by atoms with E-state index in [1.165, 1.54) is 11.1 Å². The average molecular weight is 220 g/mol. The lowest BCUT2D eigenvalue weighted by Gasteiger charge is -2.24. The monoisotopic (exact) mass is 220 g/mol. The third-order valence-electron chi connectivity index (χ3n) is 3.41. The molecule has 0 spiro atoms. The molecule has 0 nitrogen and oxygen atoms in total. The Morgan fingerprint density at radius 2 is 1.29 bits per heavy atom. The van der Waals surface area contributed by atoms with Gasteiger partial charge in [-0.1, -0.05) is 73.9 Å². The van der Waals surface area contributed by atoms with E-state index < -0.39 is 0 Å². The van der Waals surface area contributed by atoms with Gasteiger partial charge in [0.2, 0.25) is 0 Å². The van der Waals surface area contributed by atoms with Crippen molar-refractivity contribution in [2.45, 2.75) is 25.1 Å². The molecule has 2 aromatic rings. The summed E-state index contributed by atoms with van der Waals surface area (Å²) in [6.07, 6.45) is 0.681. The molecule has 0 heterocycles. The van der Waals surface area contributed by atoms with Gasteiger partial charge in [0.25, 0.3) is 0 Å².